The van der Waals surface area contributed by atoms with E-state index in [1.165, 1.54) is 5.57 Å². The molecule has 1 aliphatic heterocycles. The molecule has 0 aromatic heterocycles. The Labute approximate surface area is 62.3 Å². The fraction of sp³-hybridized carbons (Fsp3) is 0.750. The maximum Gasteiger partial charge on any atom is 0.0732 e. The van der Waals surface area contributed by atoms with Crippen molar-refractivity contribution in [1.82, 2.24) is 5.32 Å². The molecule has 10 heavy (non-hydrogen) atoms. The first-order valence-corrected chi connectivity index (χ1v) is 3.72. The molecule has 2 nitrogen and oxygen atoms in total. The van der Waals surface area contributed by atoms with Gasteiger partial charge in [0.2, 0.25) is 0 Å². The Kier molecular flexibility index (Phi) is 2.90. The van der Waals surface area contributed by atoms with Crippen LogP contribution in [0.5, 0.6) is 0 Å². The van der Waals surface area contributed by atoms with Crippen molar-refractivity contribution in [3.8, 4) is 0 Å². The number of methoxy groups -OCH3 is 1. The maximum atomic E-state index is 5.24. The second-order valence-electron chi connectivity index (χ2n) is 2.77. The summed E-state index contributed by atoms with van der Waals surface area (Å²) >= 11 is 0. The average molecular weight is 141 g/mol. The maximum absolute atomic E-state index is 5.24. The van der Waals surface area contributed by atoms with Gasteiger partial charge in [-0.15, -0.1) is 0 Å². The Morgan fingerprint density at radius 2 is 2.50 bits per heavy atom. The Bertz CT molecular complexity index is 131. The molecule has 1 N–H and O–H groups in total. The molecule has 0 aromatic rings. The zero-order valence-corrected chi connectivity index (χ0v) is 6.68. The summed E-state index contributed by atoms with van der Waals surface area (Å²) in [6.07, 6.45) is 3.67. The second kappa shape index (κ2) is 3.74. The van der Waals surface area contributed by atoms with Gasteiger partial charge >= 0.3 is 0 Å². The van der Waals surface area contributed by atoms with Crippen LogP contribution in [0.15, 0.2) is 11.6 Å². The highest BCUT2D eigenvalue weighted by Crippen LogP contribution is 2.08. The van der Waals surface area contributed by atoms with E-state index in [1.54, 1.807) is 7.11 Å². The highest BCUT2D eigenvalue weighted by Gasteiger charge is 2.09. The van der Waals surface area contributed by atoms with Crippen LogP contribution >= 0.6 is 0 Å². The molecule has 2 heteroatoms. The Hall–Kier alpha value is -0.340. The molecule has 0 saturated heterocycles. The third-order valence-corrected chi connectivity index (χ3v) is 1.85. The number of hydrogen-bond donors (Lipinski definition) is 1. The van der Waals surface area contributed by atoms with Gasteiger partial charge in [0.25, 0.3) is 0 Å². The molecule has 58 valence electrons. The lowest BCUT2D eigenvalue weighted by molar-refractivity contribution is 0.105. The normalized spacial score (nSPS) is 27.4. The van der Waals surface area contributed by atoms with Gasteiger partial charge in [0.1, 0.15) is 0 Å². The van der Waals surface area contributed by atoms with E-state index in [0.29, 0.717) is 6.10 Å². The van der Waals surface area contributed by atoms with Crippen molar-refractivity contribution in [2.45, 2.75) is 19.4 Å². The van der Waals surface area contributed by atoms with Gasteiger partial charge in [0.15, 0.2) is 0 Å². The van der Waals surface area contributed by atoms with E-state index >= 15 is 0 Å². The van der Waals surface area contributed by atoms with Crippen molar-refractivity contribution in [2.75, 3.05) is 20.2 Å². The van der Waals surface area contributed by atoms with Gasteiger partial charge < -0.3 is 10.1 Å². The van der Waals surface area contributed by atoms with Gasteiger partial charge in [0.05, 0.1) is 6.10 Å². The SMILES string of the molecule is CO[C@H]1CNCC=C(C)C1. The van der Waals surface area contributed by atoms with E-state index in [9.17, 15) is 0 Å². The quantitative estimate of drug-likeness (QED) is 0.549. The number of ether oxygens (including phenoxy) is 1. The molecule has 0 spiro atoms. The molecule has 0 unspecified atom stereocenters. The summed E-state index contributed by atoms with van der Waals surface area (Å²) in [5.74, 6) is 0. The molecule has 0 saturated carbocycles. The minimum Gasteiger partial charge on any atom is -0.380 e. The molecule has 0 amide bonds. The number of nitrogens with one attached hydrogen (secondary N) is 1. The molecule has 1 heterocycles. The fourth-order valence-corrected chi connectivity index (χ4v) is 1.17. The fourth-order valence-electron chi connectivity index (χ4n) is 1.17. The van der Waals surface area contributed by atoms with Gasteiger partial charge in [0, 0.05) is 20.2 Å². The Morgan fingerprint density at radius 3 is 3.20 bits per heavy atom. The summed E-state index contributed by atoms with van der Waals surface area (Å²) in [5, 5.41) is 3.28. The highest BCUT2D eigenvalue weighted by atomic mass is 16.5. The van der Waals surface area contributed by atoms with E-state index < -0.39 is 0 Å². The van der Waals surface area contributed by atoms with Gasteiger partial charge in [-0.05, 0) is 13.3 Å². The highest BCUT2D eigenvalue weighted by molar-refractivity contribution is 5.03. The van der Waals surface area contributed by atoms with Crippen LogP contribution in [0.25, 0.3) is 0 Å². The van der Waals surface area contributed by atoms with Crippen molar-refractivity contribution >= 4 is 0 Å². The van der Waals surface area contributed by atoms with E-state index in [4.69, 9.17) is 4.74 Å². The van der Waals surface area contributed by atoms with Crippen LogP contribution in [-0.4, -0.2) is 26.3 Å². The smallest absolute Gasteiger partial charge is 0.0732 e. The standard InChI is InChI=1S/C8H15NO/c1-7-3-4-9-6-8(5-7)10-2/h3,8-9H,4-6H2,1-2H3/t8-/m1/s1. The average Bonchev–Trinajstić information content (AvgIpc) is 2.13. The van der Waals surface area contributed by atoms with Gasteiger partial charge in [-0.25, -0.2) is 0 Å². The number of hydrogen-bond acceptors (Lipinski definition) is 2. The molecule has 1 rings (SSSR count). The molecule has 0 aliphatic carbocycles. The lowest BCUT2D eigenvalue weighted by Crippen LogP contribution is -2.26. The molecule has 0 bridgehead atoms. The molecule has 1 aliphatic rings. The topological polar surface area (TPSA) is 21.3 Å². The summed E-state index contributed by atoms with van der Waals surface area (Å²) in [7, 11) is 1.77. The predicted octanol–water partition coefficient (Wildman–Crippen LogP) is 0.941. The second-order valence-corrected chi connectivity index (χ2v) is 2.77. The summed E-state index contributed by atoms with van der Waals surface area (Å²) in [5.41, 5.74) is 1.43. The van der Waals surface area contributed by atoms with Crippen molar-refractivity contribution in [3.05, 3.63) is 11.6 Å². The molecule has 1 atom stereocenters. The molecular formula is C8H15NO. The molecule has 0 aromatic carbocycles. The summed E-state index contributed by atoms with van der Waals surface area (Å²) in [6.45, 7) is 4.12. The minimum absolute atomic E-state index is 0.374. The number of rotatable bonds is 1. The third kappa shape index (κ3) is 2.12. The monoisotopic (exact) mass is 141 g/mol. The first-order chi connectivity index (χ1) is 4.83. The van der Waals surface area contributed by atoms with Crippen molar-refractivity contribution in [2.24, 2.45) is 0 Å². The first kappa shape index (κ1) is 7.76. The minimum atomic E-state index is 0.374. The zero-order valence-electron chi connectivity index (χ0n) is 6.68. The molecule has 0 radical (unpaired) electrons. The van der Waals surface area contributed by atoms with E-state index in [2.05, 4.69) is 18.3 Å². The van der Waals surface area contributed by atoms with Crippen molar-refractivity contribution < 1.29 is 4.74 Å². The van der Waals surface area contributed by atoms with Crippen LogP contribution in [-0.2, 0) is 4.74 Å². The van der Waals surface area contributed by atoms with Gasteiger partial charge in [-0.1, -0.05) is 11.6 Å². The summed E-state index contributed by atoms with van der Waals surface area (Å²) in [4.78, 5) is 0. The van der Waals surface area contributed by atoms with E-state index in [1.807, 2.05) is 0 Å². The van der Waals surface area contributed by atoms with Crippen LogP contribution < -0.4 is 5.32 Å². The lowest BCUT2D eigenvalue weighted by atomic mass is 10.1. The largest absolute Gasteiger partial charge is 0.380 e. The van der Waals surface area contributed by atoms with E-state index in [-0.39, 0.29) is 0 Å². The Morgan fingerprint density at radius 1 is 1.70 bits per heavy atom. The summed E-state index contributed by atoms with van der Waals surface area (Å²) < 4.78 is 5.24. The molecular weight excluding hydrogens is 126 g/mol. The molecule has 0 fully saturated rings. The predicted molar refractivity (Wildman–Crippen MR) is 42.0 cm³/mol. The third-order valence-electron chi connectivity index (χ3n) is 1.85. The van der Waals surface area contributed by atoms with Gasteiger partial charge in [-0.2, -0.15) is 0 Å². The van der Waals surface area contributed by atoms with Crippen LogP contribution in [0.4, 0.5) is 0 Å². The van der Waals surface area contributed by atoms with Crippen LogP contribution in [0.2, 0.25) is 0 Å². The summed E-state index contributed by atoms with van der Waals surface area (Å²) in [6, 6.07) is 0. The zero-order chi connectivity index (χ0) is 7.40. The van der Waals surface area contributed by atoms with E-state index in [0.717, 1.165) is 19.5 Å². The van der Waals surface area contributed by atoms with Gasteiger partial charge in [-0.3, -0.25) is 0 Å². The van der Waals surface area contributed by atoms with Crippen LogP contribution in [0.1, 0.15) is 13.3 Å². The van der Waals surface area contributed by atoms with Crippen molar-refractivity contribution in [3.63, 3.8) is 0 Å². The Balaban J connectivity index is 2.43. The van der Waals surface area contributed by atoms with Crippen molar-refractivity contribution in [1.29, 1.82) is 0 Å². The first-order valence-electron chi connectivity index (χ1n) is 3.72. The van der Waals surface area contributed by atoms with Crippen LogP contribution in [0, 0.1) is 0 Å². The lowest BCUT2D eigenvalue weighted by Gasteiger charge is -2.12. The van der Waals surface area contributed by atoms with Crippen LogP contribution in [0.3, 0.4) is 0 Å².